The van der Waals surface area contributed by atoms with Crippen LogP contribution >= 0.6 is 0 Å². The third-order valence-electron chi connectivity index (χ3n) is 2.67. The fourth-order valence-corrected chi connectivity index (χ4v) is 2.53. The predicted molar refractivity (Wildman–Crippen MR) is 64.3 cm³/mol. The van der Waals surface area contributed by atoms with E-state index < -0.39 is 22.8 Å². The summed E-state index contributed by atoms with van der Waals surface area (Å²) in [5, 5.41) is 2.52. The van der Waals surface area contributed by atoms with E-state index in [-0.39, 0.29) is 30.2 Å². The predicted octanol–water partition coefficient (Wildman–Crippen LogP) is -1.29. The molecule has 0 bridgehead atoms. The molecule has 0 aliphatic heterocycles. The molecule has 1 N–H and O–H groups in total. The molecule has 1 aliphatic rings. The van der Waals surface area contributed by atoms with Gasteiger partial charge < -0.3 is 14.6 Å². The number of rotatable bonds is 2. The van der Waals surface area contributed by atoms with Crippen molar-refractivity contribution in [2.75, 3.05) is 0 Å². The zero-order valence-corrected chi connectivity index (χ0v) is 12.3. The number of carbonyl (C=O) groups is 1. The van der Waals surface area contributed by atoms with Gasteiger partial charge in [0.25, 0.3) is 0 Å². The van der Waals surface area contributed by atoms with Gasteiger partial charge in [-0.05, 0) is 46.5 Å². The summed E-state index contributed by atoms with van der Waals surface area (Å²) >= 11 is -1.99. The second kappa shape index (κ2) is 7.54. The molecule has 0 saturated heterocycles. The molecule has 5 nitrogen and oxygen atoms in total. The number of hydrogen-bond acceptors (Lipinski definition) is 4. The zero-order chi connectivity index (χ0) is 13.1. The third kappa shape index (κ3) is 6.79. The van der Waals surface area contributed by atoms with Crippen LogP contribution in [0.3, 0.4) is 0 Å². The first-order valence-corrected chi connectivity index (χ1v) is 6.99. The Morgan fingerprint density at radius 1 is 1.28 bits per heavy atom. The smallest absolute Gasteiger partial charge is 0.772 e. The first kappa shape index (κ1) is 18.0. The minimum atomic E-state index is -1.99. The van der Waals surface area contributed by atoms with Crippen molar-refractivity contribution >= 4 is 17.2 Å². The molecule has 1 atom stereocenters. The van der Waals surface area contributed by atoms with E-state index in [1.54, 1.807) is 0 Å². The third-order valence-corrected chi connectivity index (χ3v) is 3.68. The fourth-order valence-electron chi connectivity index (χ4n) is 1.87. The number of hydrogen-bond donors (Lipinski definition) is 1. The van der Waals surface area contributed by atoms with Gasteiger partial charge in [-0.1, -0.05) is 11.1 Å². The van der Waals surface area contributed by atoms with E-state index >= 15 is 0 Å². The van der Waals surface area contributed by atoms with Crippen molar-refractivity contribution in [3.8, 4) is 0 Å². The van der Waals surface area contributed by atoms with Crippen molar-refractivity contribution in [3.63, 3.8) is 0 Å². The van der Waals surface area contributed by atoms with E-state index in [9.17, 15) is 13.6 Å². The molecule has 1 amide bonds. The average molecular weight is 269 g/mol. The van der Waals surface area contributed by atoms with Crippen molar-refractivity contribution in [3.05, 3.63) is 0 Å². The fraction of sp³-hybridized carbons (Fsp3) is 0.909. The van der Waals surface area contributed by atoms with Gasteiger partial charge in [-0.25, -0.2) is 4.79 Å². The molecule has 1 fully saturated rings. The molecular weight excluding hydrogens is 249 g/mol. The van der Waals surface area contributed by atoms with Crippen LogP contribution in [0.2, 0.25) is 0 Å². The Balaban J connectivity index is 0.00000289. The maximum atomic E-state index is 11.5. The Morgan fingerprint density at radius 2 is 1.78 bits per heavy atom. The number of alkyl carbamates (subject to hydrolysis) is 1. The van der Waals surface area contributed by atoms with E-state index in [0.717, 1.165) is 0 Å². The quantitative estimate of drug-likeness (QED) is 0.499. The first-order chi connectivity index (χ1) is 7.78. The SMILES string of the molecule is CC(C)(C)OC(=O)NC1CCC(S(=O)[O-])CC1.[Li+]. The van der Waals surface area contributed by atoms with E-state index in [0.29, 0.717) is 25.7 Å². The summed E-state index contributed by atoms with van der Waals surface area (Å²) in [7, 11) is 0. The van der Waals surface area contributed by atoms with Gasteiger partial charge in [-0.15, -0.1) is 0 Å². The number of ether oxygens (including phenoxy) is 1. The van der Waals surface area contributed by atoms with Crippen LogP contribution in [0.15, 0.2) is 0 Å². The Kier molecular flexibility index (Phi) is 7.53. The van der Waals surface area contributed by atoms with Gasteiger partial charge in [-0.3, -0.25) is 4.21 Å². The Hall–Kier alpha value is -0.0226. The number of carbonyl (C=O) groups excluding carboxylic acids is 1. The van der Waals surface area contributed by atoms with Crippen molar-refractivity contribution in [2.45, 2.75) is 63.3 Å². The molecule has 7 heteroatoms. The molecule has 0 heterocycles. The molecule has 0 aromatic rings. The minimum Gasteiger partial charge on any atom is -0.772 e. The van der Waals surface area contributed by atoms with Crippen LogP contribution in [0.1, 0.15) is 46.5 Å². The first-order valence-electron chi connectivity index (χ1n) is 5.85. The molecule has 0 spiro atoms. The van der Waals surface area contributed by atoms with E-state index in [4.69, 9.17) is 4.74 Å². The van der Waals surface area contributed by atoms with E-state index in [2.05, 4.69) is 5.32 Å². The summed E-state index contributed by atoms with van der Waals surface area (Å²) in [6.45, 7) is 5.43. The van der Waals surface area contributed by atoms with Gasteiger partial charge in [0.15, 0.2) is 0 Å². The van der Waals surface area contributed by atoms with Crippen LogP contribution in [-0.4, -0.2) is 31.7 Å². The standard InChI is InChI=1S/C11H21NO4S.Li/c1-11(2,3)16-10(13)12-8-4-6-9(7-5-8)17(14)15;/h8-9H,4-7H2,1-3H3,(H,12,13)(H,14,15);/q;+1/p-1. The van der Waals surface area contributed by atoms with Crippen LogP contribution in [0.4, 0.5) is 4.79 Å². The summed E-state index contributed by atoms with van der Waals surface area (Å²) in [6.07, 6.45) is 2.17. The van der Waals surface area contributed by atoms with Gasteiger partial charge in [0.05, 0.1) is 0 Å². The summed E-state index contributed by atoms with van der Waals surface area (Å²) < 4.78 is 26.7. The summed E-state index contributed by atoms with van der Waals surface area (Å²) in [4.78, 5) is 11.5. The van der Waals surface area contributed by atoms with Crippen molar-refractivity contribution in [1.29, 1.82) is 0 Å². The second-order valence-electron chi connectivity index (χ2n) is 5.38. The molecule has 100 valence electrons. The second-order valence-corrected chi connectivity index (χ2v) is 6.57. The molecule has 1 rings (SSSR count). The normalized spacial score (nSPS) is 25.8. The minimum absolute atomic E-state index is 0. The van der Waals surface area contributed by atoms with Gasteiger partial charge in [0.2, 0.25) is 0 Å². The molecule has 1 aliphatic carbocycles. The molecule has 1 unspecified atom stereocenters. The van der Waals surface area contributed by atoms with Crippen LogP contribution in [0.25, 0.3) is 0 Å². The number of amides is 1. The molecular formula is C11H20LiNO4S. The monoisotopic (exact) mass is 269 g/mol. The summed E-state index contributed by atoms with van der Waals surface area (Å²) in [6, 6.07) is 0.0321. The Bertz CT molecular complexity index is 298. The van der Waals surface area contributed by atoms with Crippen LogP contribution in [0.5, 0.6) is 0 Å². The largest absolute Gasteiger partial charge is 1.00 e. The average Bonchev–Trinajstić information content (AvgIpc) is 2.15. The molecule has 0 radical (unpaired) electrons. The van der Waals surface area contributed by atoms with E-state index in [1.165, 1.54) is 0 Å². The summed E-state index contributed by atoms with van der Waals surface area (Å²) in [5.74, 6) is 0. The van der Waals surface area contributed by atoms with Gasteiger partial charge >= 0.3 is 25.0 Å². The van der Waals surface area contributed by atoms with Crippen molar-refractivity contribution in [1.82, 2.24) is 5.32 Å². The van der Waals surface area contributed by atoms with Crippen LogP contribution in [0, 0.1) is 0 Å². The van der Waals surface area contributed by atoms with E-state index in [1.807, 2.05) is 20.8 Å². The Labute approximate surface area is 123 Å². The van der Waals surface area contributed by atoms with Gasteiger partial charge in [-0.2, -0.15) is 0 Å². The number of nitrogens with one attached hydrogen (secondary N) is 1. The van der Waals surface area contributed by atoms with Crippen LogP contribution < -0.4 is 24.2 Å². The Morgan fingerprint density at radius 3 is 2.17 bits per heavy atom. The van der Waals surface area contributed by atoms with Crippen LogP contribution in [-0.2, 0) is 15.8 Å². The summed E-state index contributed by atoms with van der Waals surface area (Å²) in [5.41, 5.74) is -0.502. The van der Waals surface area contributed by atoms with Gasteiger partial charge in [0.1, 0.15) is 5.60 Å². The van der Waals surface area contributed by atoms with Crippen molar-refractivity contribution in [2.24, 2.45) is 0 Å². The van der Waals surface area contributed by atoms with Crippen molar-refractivity contribution < 1.29 is 37.2 Å². The molecule has 0 aromatic heterocycles. The molecule has 0 aromatic carbocycles. The maximum Gasteiger partial charge on any atom is 1.00 e. The topological polar surface area (TPSA) is 78.5 Å². The van der Waals surface area contributed by atoms with Gasteiger partial charge in [0, 0.05) is 11.3 Å². The maximum absolute atomic E-state index is 11.5. The molecule has 18 heavy (non-hydrogen) atoms. The zero-order valence-electron chi connectivity index (χ0n) is 11.5. The molecule has 1 saturated carbocycles.